The van der Waals surface area contributed by atoms with Gasteiger partial charge in [0.1, 0.15) is 6.17 Å². The number of hydrogen-bond donors (Lipinski definition) is 0. The fraction of sp³-hybridized carbons (Fsp3) is 0.875. The summed E-state index contributed by atoms with van der Waals surface area (Å²) in [5, 5.41) is 9.88. The summed E-state index contributed by atoms with van der Waals surface area (Å²) < 4.78 is 12.3. The third kappa shape index (κ3) is 9.13. The Labute approximate surface area is 115 Å². The van der Waals surface area contributed by atoms with Crippen molar-refractivity contribution in [3.8, 4) is 0 Å². The van der Waals surface area contributed by atoms with Gasteiger partial charge in [0.25, 0.3) is 0 Å². The molecule has 4 heteroatoms. The maximum atomic E-state index is 12.3. The number of unbranched alkanes of at least 4 members (excludes halogenated alkanes) is 3. The molecule has 0 heterocycles. The molecule has 0 rings (SSSR count). The van der Waals surface area contributed by atoms with E-state index in [1.165, 1.54) is 0 Å². The Morgan fingerprint density at radius 2 is 2.00 bits per heavy atom. The van der Waals surface area contributed by atoms with Gasteiger partial charge in [0.2, 0.25) is 0 Å². The molecule has 0 N–H and O–H groups in total. The van der Waals surface area contributed by atoms with Crippen molar-refractivity contribution in [3.05, 3.63) is 0 Å². The zero-order valence-corrected chi connectivity index (χ0v) is 10.9. The zero-order valence-electron chi connectivity index (χ0n) is 7.81. The molecule has 0 aromatic heterocycles. The number of carboxylic acid groups (broad SMARTS) is 1. The molecule has 0 aromatic carbocycles. The molecule has 12 heavy (non-hydrogen) atoms. The summed E-state index contributed by atoms with van der Waals surface area (Å²) in [5.41, 5.74) is 0. The number of rotatable bonds is 6. The fourth-order valence-electron chi connectivity index (χ4n) is 0.868. The summed E-state index contributed by atoms with van der Waals surface area (Å²) in [5.74, 6) is -1.58. The van der Waals surface area contributed by atoms with Crippen molar-refractivity contribution in [3.63, 3.8) is 0 Å². The van der Waals surface area contributed by atoms with Gasteiger partial charge in [-0.05, 0) is 6.42 Å². The van der Waals surface area contributed by atoms with Gasteiger partial charge in [0.05, 0.1) is 5.97 Å². The third-order valence-electron chi connectivity index (χ3n) is 1.57. The molecule has 66 valence electrons. The minimum atomic E-state index is -1.77. The number of halogens is 1. The first-order valence-electron chi connectivity index (χ1n) is 4.03. The van der Waals surface area contributed by atoms with E-state index in [0.717, 1.165) is 19.3 Å². The van der Waals surface area contributed by atoms with Gasteiger partial charge in [-0.2, -0.15) is 0 Å². The predicted molar refractivity (Wildman–Crippen MR) is 38.7 cm³/mol. The fourth-order valence-corrected chi connectivity index (χ4v) is 0.868. The summed E-state index contributed by atoms with van der Waals surface area (Å²) in [4.78, 5) is 9.88. The van der Waals surface area contributed by atoms with Crippen LogP contribution in [0, 0.1) is 0 Å². The molecule has 0 bridgehead atoms. The molecule has 1 atom stereocenters. The van der Waals surface area contributed by atoms with Crippen LogP contribution in [-0.2, 0) is 4.79 Å². The minimum absolute atomic E-state index is 0. The topological polar surface area (TPSA) is 40.1 Å². The number of alkyl halides is 1. The van der Waals surface area contributed by atoms with Gasteiger partial charge < -0.3 is 9.90 Å². The summed E-state index contributed by atoms with van der Waals surface area (Å²) in [7, 11) is 0. The van der Waals surface area contributed by atoms with Crippen molar-refractivity contribution < 1.29 is 65.7 Å². The largest absolute Gasteiger partial charge is 1.00 e. The van der Waals surface area contributed by atoms with Crippen LogP contribution in [-0.4, -0.2) is 12.1 Å². The van der Waals surface area contributed by atoms with Crippen molar-refractivity contribution in [2.45, 2.75) is 45.2 Å². The molecule has 0 fully saturated rings. The van der Waals surface area contributed by atoms with Gasteiger partial charge in [-0.3, -0.25) is 0 Å². The molecule has 0 saturated carbocycles. The third-order valence-corrected chi connectivity index (χ3v) is 1.57. The average molecular weight is 200 g/mol. The molecule has 0 aliphatic carbocycles. The normalized spacial score (nSPS) is 11.8. The number of carboxylic acids is 1. The van der Waals surface area contributed by atoms with Gasteiger partial charge in [-0.25, -0.2) is 4.39 Å². The van der Waals surface area contributed by atoms with E-state index in [4.69, 9.17) is 0 Å². The maximum Gasteiger partial charge on any atom is 1.00 e. The first-order chi connectivity index (χ1) is 5.18. The molecule has 0 saturated heterocycles. The van der Waals surface area contributed by atoms with Crippen LogP contribution in [0.2, 0.25) is 0 Å². The monoisotopic (exact) mass is 200 g/mol. The van der Waals surface area contributed by atoms with Crippen LogP contribution in [0.4, 0.5) is 4.39 Å². The standard InChI is InChI=1S/C8H15FO2.K/c1-2-3-4-5-6-7(9)8(10)11;/h7H,2-6H2,1H3,(H,10,11);/q;+1/p-1. The first kappa shape index (κ1) is 15.5. The van der Waals surface area contributed by atoms with Crippen LogP contribution in [0.15, 0.2) is 0 Å². The molecule has 0 aliphatic rings. The van der Waals surface area contributed by atoms with Gasteiger partial charge in [0.15, 0.2) is 0 Å². The smallest absolute Gasteiger partial charge is 0.547 e. The molecular weight excluding hydrogens is 186 g/mol. The van der Waals surface area contributed by atoms with Crippen molar-refractivity contribution in [2.75, 3.05) is 0 Å². The number of aliphatic carboxylic acids is 1. The van der Waals surface area contributed by atoms with Crippen LogP contribution in [0.1, 0.15) is 39.0 Å². The van der Waals surface area contributed by atoms with E-state index in [-0.39, 0.29) is 57.8 Å². The van der Waals surface area contributed by atoms with Gasteiger partial charge >= 0.3 is 51.4 Å². The molecule has 0 amide bonds. The molecule has 2 nitrogen and oxygen atoms in total. The summed E-state index contributed by atoms with van der Waals surface area (Å²) >= 11 is 0. The second kappa shape index (κ2) is 10.1. The van der Waals surface area contributed by atoms with Crippen molar-refractivity contribution in [2.24, 2.45) is 0 Å². The average Bonchev–Trinajstić information content (AvgIpc) is 1.97. The number of carbonyl (C=O) groups is 1. The van der Waals surface area contributed by atoms with E-state index in [2.05, 4.69) is 0 Å². The van der Waals surface area contributed by atoms with Crippen LogP contribution < -0.4 is 56.5 Å². The molecule has 1 unspecified atom stereocenters. The van der Waals surface area contributed by atoms with Crippen LogP contribution >= 0.6 is 0 Å². The van der Waals surface area contributed by atoms with Gasteiger partial charge in [-0.1, -0.05) is 32.6 Å². The van der Waals surface area contributed by atoms with Gasteiger partial charge in [0, 0.05) is 0 Å². The molecule has 0 radical (unpaired) electrons. The van der Waals surface area contributed by atoms with Crippen LogP contribution in [0.3, 0.4) is 0 Å². The summed E-state index contributed by atoms with van der Waals surface area (Å²) in [6.07, 6.45) is 1.99. The Morgan fingerprint density at radius 1 is 1.42 bits per heavy atom. The molecule has 0 spiro atoms. The second-order valence-corrected chi connectivity index (χ2v) is 2.64. The van der Waals surface area contributed by atoms with E-state index < -0.39 is 12.1 Å². The molecule has 0 aromatic rings. The van der Waals surface area contributed by atoms with E-state index in [0.29, 0.717) is 6.42 Å². The second-order valence-electron chi connectivity index (χ2n) is 2.64. The van der Waals surface area contributed by atoms with Crippen LogP contribution in [0.25, 0.3) is 0 Å². The summed E-state index contributed by atoms with van der Waals surface area (Å²) in [6.45, 7) is 2.05. The molecular formula is C8H14FKO2. The van der Waals surface area contributed by atoms with E-state index in [1.807, 2.05) is 6.92 Å². The quantitative estimate of drug-likeness (QED) is 0.369. The first-order valence-corrected chi connectivity index (χ1v) is 4.03. The van der Waals surface area contributed by atoms with E-state index in [9.17, 15) is 14.3 Å². The SMILES string of the molecule is CCCCCCC(F)C(=O)[O-].[K+]. The van der Waals surface area contributed by atoms with Crippen molar-refractivity contribution in [1.82, 2.24) is 0 Å². The summed E-state index contributed by atoms with van der Waals surface area (Å²) in [6, 6.07) is 0. The number of hydrogen-bond acceptors (Lipinski definition) is 2. The van der Waals surface area contributed by atoms with Crippen molar-refractivity contribution >= 4 is 5.97 Å². The Morgan fingerprint density at radius 3 is 2.42 bits per heavy atom. The minimum Gasteiger partial charge on any atom is -0.547 e. The molecule has 0 aliphatic heterocycles. The maximum absolute atomic E-state index is 12.3. The Hall–Kier alpha value is 1.04. The predicted octanol–water partition coefficient (Wildman–Crippen LogP) is -1.95. The zero-order chi connectivity index (χ0) is 8.69. The Balaban J connectivity index is 0. The Kier molecular flexibility index (Phi) is 13.1. The van der Waals surface area contributed by atoms with E-state index >= 15 is 0 Å². The van der Waals surface area contributed by atoms with Gasteiger partial charge in [-0.15, -0.1) is 0 Å². The van der Waals surface area contributed by atoms with Crippen molar-refractivity contribution in [1.29, 1.82) is 0 Å². The Bertz CT molecular complexity index is 120. The number of carbonyl (C=O) groups excluding carboxylic acids is 1. The van der Waals surface area contributed by atoms with E-state index in [1.54, 1.807) is 0 Å². The van der Waals surface area contributed by atoms with Crippen LogP contribution in [0.5, 0.6) is 0 Å².